The van der Waals surface area contributed by atoms with E-state index in [4.69, 9.17) is 5.73 Å². The molecule has 0 saturated heterocycles. The van der Waals surface area contributed by atoms with Crippen LogP contribution >= 0.6 is 0 Å². The molecule has 0 aromatic heterocycles. The van der Waals surface area contributed by atoms with Crippen molar-refractivity contribution in [2.45, 2.75) is 38.3 Å². The van der Waals surface area contributed by atoms with Crippen LogP contribution in [0.1, 0.15) is 31.4 Å². The van der Waals surface area contributed by atoms with Crippen molar-refractivity contribution in [3.63, 3.8) is 0 Å². The first-order chi connectivity index (χ1) is 17.9. The third kappa shape index (κ3) is 3.58. The van der Waals surface area contributed by atoms with E-state index >= 15 is 0 Å². The monoisotopic (exact) mass is 528 g/mol. The number of likely N-dealkylation sites (N-methyl/N-ethyl adjacent to an activating group) is 1. The molecule has 12 nitrogen and oxygen atoms in total. The van der Waals surface area contributed by atoms with Gasteiger partial charge in [0, 0.05) is 30.3 Å². The molecule has 0 spiro atoms. The second-order valence-electron chi connectivity index (χ2n) is 10.0. The van der Waals surface area contributed by atoms with Crippen molar-refractivity contribution in [2.75, 3.05) is 37.4 Å². The van der Waals surface area contributed by atoms with Gasteiger partial charge in [-0.1, -0.05) is 0 Å². The second kappa shape index (κ2) is 9.44. The maximum Gasteiger partial charge on any atom is 0.255 e. The number of nitrogens with zero attached hydrogens (tertiary/aromatic N) is 2. The molecule has 0 bridgehead atoms. The van der Waals surface area contributed by atoms with Crippen molar-refractivity contribution in [3.8, 4) is 5.75 Å². The number of hydrogen-bond acceptors (Lipinski definition) is 10. The number of rotatable bonds is 7. The summed E-state index contributed by atoms with van der Waals surface area (Å²) in [5.41, 5.74) is 2.63. The van der Waals surface area contributed by atoms with Gasteiger partial charge >= 0.3 is 0 Å². The number of phenols is 1. The molecule has 7 N–H and O–H groups in total. The number of aliphatic hydroxyl groups is 3. The highest BCUT2D eigenvalue weighted by molar-refractivity contribution is 6.24. The minimum absolute atomic E-state index is 0.00144. The summed E-state index contributed by atoms with van der Waals surface area (Å²) in [7, 11) is 3.09. The molecule has 1 aromatic carbocycles. The normalized spacial score (nSPS) is 26.6. The van der Waals surface area contributed by atoms with Crippen molar-refractivity contribution >= 4 is 41.0 Å². The number of Topliss-reactive ketones (excluding diaryl/α,β-unsaturated/α-hetero) is 2. The van der Waals surface area contributed by atoms with Crippen LogP contribution in [0.15, 0.2) is 23.0 Å². The highest BCUT2D eigenvalue weighted by Crippen LogP contribution is 2.54. The molecule has 204 valence electrons. The smallest absolute Gasteiger partial charge is 0.255 e. The number of fused-ring (bicyclic) bond motifs is 3. The summed E-state index contributed by atoms with van der Waals surface area (Å²) in [4.78, 5) is 53.8. The highest BCUT2D eigenvalue weighted by Gasteiger charge is 2.64. The van der Waals surface area contributed by atoms with Crippen molar-refractivity contribution in [3.05, 3.63) is 34.1 Å². The van der Waals surface area contributed by atoms with Crippen molar-refractivity contribution < 1.29 is 39.6 Å². The molecular formula is C26H32N4O8. The number of nitrogens with one attached hydrogen (secondary N) is 1. The lowest BCUT2D eigenvalue weighted by molar-refractivity contribution is -0.153. The number of aliphatic hydroxyl groups excluding tert-OH is 2. The highest BCUT2D eigenvalue weighted by atomic mass is 16.3. The molecule has 1 fully saturated rings. The van der Waals surface area contributed by atoms with Crippen LogP contribution in [0.5, 0.6) is 5.75 Å². The van der Waals surface area contributed by atoms with Crippen LogP contribution in [0.25, 0.3) is 5.76 Å². The van der Waals surface area contributed by atoms with Crippen LogP contribution in [0, 0.1) is 11.8 Å². The van der Waals surface area contributed by atoms with E-state index in [1.54, 1.807) is 20.2 Å². The van der Waals surface area contributed by atoms with Crippen LogP contribution in [-0.4, -0.2) is 88.0 Å². The molecule has 2 amide bonds. The van der Waals surface area contributed by atoms with Crippen molar-refractivity contribution in [1.29, 1.82) is 0 Å². The Morgan fingerprint density at radius 3 is 2.37 bits per heavy atom. The van der Waals surface area contributed by atoms with Gasteiger partial charge in [0.1, 0.15) is 22.8 Å². The molecular weight excluding hydrogens is 496 g/mol. The third-order valence-corrected chi connectivity index (χ3v) is 8.02. The van der Waals surface area contributed by atoms with Gasteiger partial charge in [0.2, 0.25) is 12.2 Å². The Balaban J connectivity index is 2.02. The van der Waals surface area contributed by atoms with E-state index in [2.05, 4.69) is 5.32 Å². The van der Waals surface area contributed by atoms with Gasteiger partial charge in [-0.2, -0.15) is 0 Å². The van der Waals surface area contributed by atoms with E-state index in [1.807, 2.05) is 18.7 Å². The fourth-order valence-electron chi connectivity index (χ4n) is 6.31. The number of ketones is 2. The summed E-state index contributed by atoms with van der Waals surface area (Å²) < 4.78 is 0. The van der Waals surface area contributed by atoms with Gasteiger partial charge in [-0.25, -0.2) is 0 Å². The Hall–Kier alpha value is -3.90. The van der Waals surface area contributed by atoms with E-state index in [0.717, 1.165) is 0 Å². The minimum Gasteiger partial charge on any atom is -0.508 e. The largest absolute Gasteiger partial charge is 0.508 e. The number of hydrogen-bond donors (Lipinski definition) is 6. The predicted molar refractivity (Wildman–Crippen MR) is 137 cm³/mol. The summed E-state index contributed by atoms with van der Waals surface area (Å²) in [5.74, 6) is -7.23. The van der Waals surface area contributed by atoms with Gasteiger partial charge in [-0.05, 0) is 58.3 Å². The van der Waals surface area contributed by atoms with Crippen molar-refractivity contribution in [2.24, 2.45) is 17.6 Å². The average Bonchev–Trinajstić information content (AvgIpc) is 2.84. The summed E-state index contributed by atoms with van der Waals surface area (Å²) in [6, 6.07) is 0.442. The van der Waals surface area contributed by atoms with Gasteiger partial charge in [-0.3, -0.25) is 24.1 Å². The van der Waals surface area contributed by atoms with E-state index in [1.165, 1.54) is 4.90 Å². The van der Waals surface area contributed by atoms with E-state index < -0.39 is 63.8 Å². The first-order valence-corrected chi connectivity index (χ1v) is 12.3. The maximum absolute atomic E-state index is 13.9. The Morgan fingerprint density at radius 2 is 1.84 bits per heavy atom. The van der Waals surface area contributed by atoms with Gasteiger partial charge < -0.3 is 36.4 Å². The van der Waals surface area contributed by atoms with Gasteiger partial charge in [0.15, 0.2) is 11.4 Å². The molecule has 12 heteroatoms. The molecule has 3 aliphatic rings. The fraction of sp³-hybridized carbons (Fsp3) is 0.462. The summed E-state index contributed by atoms with van der Waals surface area (Å²) in [6.07, 6.45) is 0.533. The first kappa shape index (κ1) is 27.1. The number of aromatic hydroxyl groups is 1. The molecule has 3 aliphatic carbocycles. The summed E-state index contributed by atoms with van der Waals surface area (Å²) in [5, 5.41) is 47.4. The molecule has 3 unspecified atom stereocenters. The van der Waals surface area contributed by atoms with E-state index in [9.17, 15) is 39.6 Å². The zero-order valence-corrected chi connectivity index (χ0v) is 21.6. The van der Waals surface area contributed by atoms with Gasteiger partial charge in [-0.15, -0.1) is 0 Å². The zero-order chi connectivity index (χ0) is 28.3. The predicted octanol–water partition coefficient (Wildman–Crippen LogP) is 0.379. The number of phenolic OH excluding ortho intramolecular Hbond substituents is 1. The van der Waals surface area contributed by atoms with Crippen LogP contribution in [0.4, 0.5) is 11.4 Å². The maximum atomic E-state index is 13.9. The molecule has 0 aliphatic heterocycles. The van der Waals surface area contributed by atoms with Crippen LogP contribution < -0.4 is 16.0 Å². The number of anilines is 2. The summed E-state index contributed by atoms with van der Waals surface area (Å²) in [6.45, 7) is 4.99. The lowest BCUT2D eigenvalue weighted by Crippen LogP contribution is -2.65. The second-order valence-corrected chi connectivity index (χ2v) is 10.0. The lowest BCUT2D eigenvalue weighted by atomic mass is 9.57. The molecule has 4 rings (SSSR count). The SMILES string of the molecule is CCN(CC)c1cc(NC=O)c(O)c2c1CC1CC3[C@H](N(C)C)C(=O)C(C(N)=O)=C(O)C3(O)C(=O)C1=C2O. The fourth-order valence-corrected chi connectivity index (χ4v) is 6.31. The molecule has 1 saturated carbocycles. The first-order valence-electron chi connectivity index (χ1n) is 12.3. The Bertz CT molecular complexity index is 1310. The minimum atomic E-state index is -2.71. The van der Waals surface area contributed by atoms with Crippen LogP contribution in [0.3, 0.4) is 0 Å². The quantitative estimate of drug-likeness (QED) is 0.164. The molecule has 38 heavy (non-hydrogen) atoms. The molecule has 0 heterocycles. The number of amides is 2. The summed E-state index contributed by atoms with van der Waals surface area (Å²) >= 11 is 0. The number of carbonyl (C=O) groups excluding carboxylic acids is 4. The number of carbonyl (C=O) groups is 4. The molecule has 1 aromatic rings. The molecule has 0 radical (unpaired) electrons. The zero-order valence-electron chi connectivity index (χ0n) is 21.6. The van der Waals surface area contributed by atoms with Gasteiger partial charge in [0.05, 0.1) is 17.3 Å². The number of nitrogens with two attached hydrogens (primary N) is 1. The van der Waals surface area contributed by atoms with Crippen molar-refractivity contribution in [1.82, 2.24) is 4.90 Å². The number of primary amides is 1. The Kier molecular flexibility index (Phi) is 6.74. The van der Waals surface area contributed by atoms with E-state index in [-0.39, 0.29) is 29.7 Å². The van der Waals surface area contributed by atoms with E-state index in [0.29, 0.717) is 30.8 Å². The van der Waals surface area contributed by atoms with Gasteiger partial charge in [0.25, 0.3) is 5.91 Å². The number of benzene rings is 1. The third-order valence-electron chi connectivity index (χ3n) is 8.02. The Labute approximate surface area is 219 Å². The van der Waals surface area contributed by atoms with Crippen LogP contribution in [-0.2, 0) is 25.6 Å². The topological polar surface area (TPSA) is 194 Å². The van der Waals surface area contributed by atoms with Crippen LogP contribution in [0.2, 0.25) is 0 Å². The standard InChI is InChI=1S/C26H32N4O8/c1-5-30(6-2)15-9-14(28-10-31)20(32)17-12(15)7-11-8-13-19(29(3)4)22(34)18(25(27)37)24(36)26(13,38)23(35)16(11)21(17)33/h9-11,13,19,32-33,36,38H,5-8H2,1-4H3,(H2,27,37)(H,28,31)/t11?,13?,19-,26?/m0/s1. The lowest BCUT2D eigenvalue weighted by Gasteiger charge is -2.50. The Morgan fingerprint density at radius 1 is 1.21 bits per heavy atom. The average molecular weight is 529 g/mol. The molecule has 4 atom stereocenters.